The number of nitrogens with one attached hydrogen (secondary N) is 3. The molecule has 154 valence electrons. The van der Waals surface area contributed by atoms with Gasteiger partial charge in [0.1, 0.15) is 5.50 Å². The van der Waals surface area contributed by atoms with Crippen molar-refractivity contribution in [2.75, 3.05) is 25.4 Å². The summed E-state index contributed by atoms with van der Waals surface area (Å²) in [6.07, 6.45) is 1.27. The summed E-state index contributed by atoms with van der Waals surface area (Å²) in [6, 6.07) is 9.74. The van der Waals surface area contributed by atoms with Crippen LogP contribution >= 0.6 is 11.8 Å². The maximum absolute atomic E-state index is 12.2. The number of amides is 3. The predicted molar refractivity (Wildman–Crippen MR) is 112 cm³/mol. The Kier molecular flexibility index (Phi) is 9.30. The highest BCUT2D eigenvalue weighted by Gasteiger charge is 2.28. The van der Waals surface area contributed by atoms with Crippen LogP contribution in [0.25, 0.3) is 0 Å². The average Bonchev–Trinajstić information content (AvgIpc) is 2.68. The van der Waals surface area contributed by atoms with Crippen molar-refractivity contribution in [1.29, 1.82) is 0 Å². The lowest BCUT2D eigenvalue weighted by molar-refractivity contribution is -0.128. The summed E-state index contributed by atoms with van der Waals surface area (Å²) in [5.41, 5.74) is 0.815. The van der Waals surface area contributed by atoms with Gasteiger partial charge in [-0.15, -0.1) is 11.8 Å². The number of hydrogen-bond donors (Lipinski definition) is 3. The first-order valence-electron chi connectivity index (χ1n) is 9.77. The minimum Gasteiger partial charge on any atom is -0.356 e. The van der Waals surface area contributed by atoms with Gasteiger partial charge in [-0.3, -0.25) is 19.7 Å². The summed E-state index contributed by atoms with van der Waals surface area (Å²) < 4.78 is 0. The van der Waals surface area contributed by atoms with Crippen LogP contribution in [0.3, 0.4) is 0 Å². The molecule has 1 aliphatic heterocycles. The Morgan fingerprint density at radius 3 is 2.61 bits per heavy atom. The van der Waals surface area contributed by atoms with E-state index in [1.165, 1.54) is 17.3 Å². The van der Waals surface area contributed by atoms with Crippen LogP contribution in [0.5, 0.6) is 0 Å². The van der Waals surface area contributed by atoms with Crippen molar-refractivity contribution in [3.63, 3.8) is 0 Å². The van der Waals surface area contributed by atoms with Crippen molar-refractivity contribution in [1.82, 2.24) is 20.9 Å². The molecular formula is C20H30N4O3S. The first-order valence-corrected chi connectivity index (χ1v) is 10.8. The molecule has 7 nitrogen and oxygen atoms in total. The van der Waals surface area contributed by atoms with Crippen LogP contribution in [0.15, 0.2) is 30.3 Å². The molecule has 1 aromatic carbocycles. The van der Waals surface area contributed by atoms with Crippen molar-refractivity contribution >= 4 is 29.5 Å². The van der Waals surface area contributed by atoms with E-state index in [0.717, 1.165) is 6.42 Å². The summed E-state index contributed by atoms with van der Waals surface area (Å²) in [4.78, 5) is 38.0. The van der Waals surface area contributed by atoms with Crippen molar-refractivity contribution in [2.45, 2.75) is 44.6 Å². The van der Waals surface area contributed by atoms with Crippen LogP contribution in [-0.2, 0) is 20.8 Å². The Morgan fingerprint density at radius 1 is 1.21 bits per heavy atom. The fourth-order valence-corrected chi connectivity index (χ4v) is 4.07. The molecular weight excluding hydrogens is 376 g/mol. The fourth-order valence-electron chi connectivity index (χ4n) is 3.07. The van der Waals surface area contributed by atoms with Gasteiger partial charge in [-0.1, -0.05) is 30.3 Å². The van der Waals surface area contributed by atoms with Gasteiger partial charge in [-0.2, -0.15) is 0 Å². The molecule has 1 heterocycles. The van der Waals surface area contributed by atoms with Gasteiger partial charge in [-0.25, -0.2) is 0 Å². The second-order valence-electron chi connectivity index (χ2n) is 6.68. The second-order valence-corrected chi connectivity index (χ2v) is 7.78. The molecule has 1 fully saturated rings. The molecule has 1 aliphatic rings. The van der Waals surface area contributed by atoms with Gasteiger partial charge in [0.15, 0.2) is 0 Å². The van der Waals surface area contributed by atoms with Crippen LogP contribution in [0, 0.1) is 0 Å². The lowest BCUT2D eigenvalue weighted by Gasteiger charge is -2.31. The average molecular weight is 407 g/mol. The molecule has 0 bridgehead atoms. The van der Waals surface area contributed by atoms with Crippen LogP contribution in [0.1, 0.15) is 32.3 Å². The van der Waals surface area contributed by atoms with Gasteiger partial charge in [0.25, 0.3) is 0 Å². The molecule has 0 aliphatic carbocycles. The smallest absolute Gasteiger partial charge is 0.232 e. The maximum Gasteiger partial charge on any atom is 0.232 e. The predicted octanol–water partition coefficient (Wildman–Crippen LogP) is 1.10. The van der Waals surface area contributed by atoms with Crippen molar-refractivity contribution in [3.8, 4) is 0 Å². The van der Waals surface area contributed by atoms with E-state index in [1.807, 2.05) is 44.2 Å². The Labute approximate surface area is 171 Å². The van der Waals surface area contributed by atoms with E-state index in [0.29, 0.717) is 19.6 Å². The zero-order chi connectivity index (χ0) is 20.4. The number of thioether (sulfide) groups is 1. The van der Waals surface area contributed by atoms with E-state index in [1.54, 1.807) is 4.90 Å². The molecule has 8 heteroatoms. The summed E-state index contributed by atoms with van der Waals surface area (Å²) in [7, 11) is 0. The molecule has 0 saturated carbocycles. The number of carbonyl (C=O) groups is 3. The first-order chi connectivity index (χ1) is 13.5. The maximum atomic E-state index is 12.2. The molecule has 1 saturated heterocycles. The minimum absolute atomic E-state index is 0.0480. The number of nitrogens with zero attached hydrogens (tertiary/aromatic N) is 1. The Hall–Kier alpha value is -2.06. The van der Waals surface area contributed by atoms with E-state index in [2.05, 4.69) is 16.0 Å². The van der Waals surface area contributed by atoms with Gasteiger partial charge < -0.3 is 15.5 Å². The SMILES string of the molecule is CCN(CC)C(=O)CSC1NC(=O)CC(CC(=O)NCCc2ccccc2)N1. The monoisotopic (exact) mass is 406 g/mol. The molecule has 3 amide bonds. The fraction of sp³-hybridized carbons (Fsp3) is 0.550. The van der Waals surface area contributed by atoms with Crippen LogP contribution in [0.4, 0.5) is 0 Å². The van der Waals surface area contributed by atoms with Crippen LogP contribution in [-0.4, -0.2) is 59.5 Å². The molecule has 2 unspecified atom stereocenters. The van der Waals surface area contributed by atoms with Crippen molar-refractivity contribution in [2.24, 2.45) is 0 Å². The van der Waals surface area contributed by atoms with E-state index in [4.69, 9.17) is 0 Å². The summed E-state index contributed by atoms with van der Waals surface area (Å²) in [5.74, 6) is 0.154. The number of hydrogen-bond acceptors (Lipinski definition) is 5. The molecule has 0 aromatic heterocycles. The quantitative estimate of drug-likeness (QED) is 0.541. The van der Waals surface area contributed by atoms with Gasteiger partial charge in [-0.05, 0) is 25.8 Å². The van der Waals surface area contributed by atoms with Crippen molar-refractivity contribution in [3.05, 3.63) is 35.9 Å². The summed E-state index contributed by atoms with van der Waals surface area (Å²) in [5, 5.41) is 8.99. The summed E-state index contributed by atoms with van der Waals surface area (Å²) in [6.45, 7) is 5.80. The lowest BCUT2D eigenvalue weighted by atomic mass is 10.1. The second kappa shape index (κ2) is 11.7. The normalized spacial score (nSPS) is 19.0. The van der Waals surface area contributed by atoms with Gasteiger partial charge >= 0.3 is 0 Å². The zero-order valence-corrected chi connectivity index (χ0v) is 17.4. The van der Waals surface area contributed by atoms with Crippen LogP contribution < -0.4 is 16.0 Å². The number of benzene rings is 1. The highest BCUT2D eigenvalue weighted by atomic mass is 32.2. The first kappa shape index (κ1) is 22.2. The number of rotatable bonds is 10. The zero-order valence-electron chi connectivity index (χ0n) is 16.6. The molecule has 28 heavy (non-hydrogen) atoms. The Bertz CT molecular complexity index is 652. The summed E-state index contributed by atoms with van der Waals surface area (Å²) >= 11 is 1.35. The third-order valence-corrected chi connectivity index (χ3v) is 5.61. The Morgan fingerprint density at radius 2 is 1.93 bits per heavy atom. The van der Waals surface area contributed by atoms with Gasteiger partial charge in [0.2, 0.25) is 17.7 Å². The van der Waals surface area contributed by atoms with Gasteiger partial charge in [0, 0.05) is 38.5 Å². The highest BCUT2D eigenvalue weighted by Crippen LogP contribution is 2.14. The molecule has 0 radical (unpaired) electrons. The largest absolute Gasteiger partial charge is 0.356 e. The van der Waals surface area contributed by atoms with Crippen molar-refractivity contribution < 1.29 is 14.4 Å². The topological polar surface area (TPSA) is 90.5 Å². The Balaban J connectivity index is 1.73. The van der Waals surface area contributed by atoms with E-state index < -0.39 is 0 Å². The van der Waals surface area contributed by atoms with E-state index in [-0.39, 0.29) is 47.9 Å². The highest BCUT2D eigenvalue weighted by molar-refractivity contribution is 8.00. The molecule has 2 atom stereocenters. The molecule has 1 aromatic rings. The molecule has 2 rings (SSSR count). The molecule has 0 spiro atoms. The van der Waals surface area contributed by atoms with E-state index in [9.17, 15) is 14.4 Å². The van der Waals surface area contributed by atoms with E-state index >= 15 is 0 Å². The molecule has 3 N–H and O–H groups in total. The third-order valence-electron chi connectivity index (χ3n) is 4.61. The number of carbonyl (C=O) groups excluding carboxylic acids is 3. The van der Waals surface area contributed by atoms with Gasteiger partial charge in [0.05, 0.1) is 5.75 Å². The minimum atomic E-state index is -0.358. The van der Waals surface area contributed by atoms with Crippen LogP contribution in [0.2, 0.25) is 0 Å². The standard InChI is InChI=1S/C20H30N4O3S/c1-3-24(4-2)19(27)14-28-20-22-16(13-18(26)23-20)12-17(25)21-11-10-15-8-6-5-7-9-15/h5-9,16,20,22H,3-4,10-14H2,1-2H3,(H,21,25)(H,23,26). The third kappa shape index (κ3) is 7.52. The lowest BCUT2D eigenvalue weighted by Crippen LogP contribution is -2.56.